The number of hydrogen-bond donors (Lipinski definition) is 2. The maximum Gasteiger partial charge on any atom is 0.313 e. The van der Waals surface area contributed by atoms with Crippen LogP contribution in [-0.2, 0) is 16.0 Å². The van der Waals surface area contributed by atoms with E-state index in [1.165, 1.54) is 0 Å². The van der Waals surface area contributed by atoms with E-state index in [0.717, 1.165) is 10.9 Å². The molecule has 2 heterocycles. The largest absolute Gasteiger partial charge is 0.449 e. The molecule has 0 radical (unpaired) electrons. The summed E-state index contributed by atoms with van der Waals surface area (Å²) in [5, 5.41) is 8.21. The number of nitrogens with zero attached hydrogens (tertiary/aromatic N) is 1. The van der Waals surface area contributed by atoms with Gasteiger partial charge >= 0.3 is 5.97 Å². The number of carbonyl (C=O) groups excluding carboxylic acids is 2. The van der Waals surface area contributed by atoms with Crippen LogP contribution in [0, 0.1) is 0 Å². The molecule has 162 valence electrons. The molecule has 5 rings (SSSR count). The van der Waals surface area contributed by atoms with Crippen molar-refractivity contribution in [2.45, 2.75) is 12.5 Å². The van der Waals surface area contributed by atoms with Crippen LogP contribution in [0.2, 0.25) is 0 Å². The second-order valence-corrected chi connectivity index (χ2v) is 7.61. The number of hydrogen-bond acceptors (Lipinski definition) is 5. The molecule has 0 bridgehead atoms. The average molecular weight is 437 g/mol. The third-order valence-electron chi connectivity index (χ3n) is 5.53. The molecule has 0 aliphatic carbocycles. The maximum atomic E-state index is 13.5. The number of esters is 1. The minimum atomic E-state index is -1.12. The summed E-state index contributed by atoms with van der Waals surface area (Å²) in [6.45, 7) is 0. The van der Waals surface area contributed by atoms with E-state index in [0.29, 0.717) is 27.6 Å². The number of benzene rings is 3. The molecule has 0 fully saturated rings. The Morgan fingerprint density at radius 2 is 1.52 bits per heavy atom. The van der Waals surface area contributed by atoms with Gasteiger partial charge in [-0.2, -0.15) is 5.10 Å². The second-order valence-electron chi connectivity index (χ2n) is 7.61. The van der Waals surface area contributed by atoms with Crippen LogP contribution in [0.4, 0.5) is 0 Å². The highest BCUT2D eigenvalue weighted by Gasteiger charge is 2.28. The highest BCUT2D eigenvalue weighted by Crippen LogP contribution is 2.27. The van der Waals surface area contributed by atoms with Crippen LogP contribution in [0.1, 0.15) is 27.7 Å². The van der Waals surface area contributed by atoms with E-state index < -0.39 is 12.1 Å². The summed E-state index contributed by atoms with van der Waals surface area (Å²) in [5.74, 6) is -0.951. The van der Waals surface area contributed by atoms with Crippen molar-refractivity contribution in [2.75, 3.05) is 0 Å². The molecule has 0 saturated carbocycles. The SMILES string of the molecule is O=C(Cc1n[nH]c(=O)c2ccccc12)OC(C(=O)c1c[nH]c2ccccc12)c1ccccc1. The molecule has 1 atom stereocenters. The first kappa shape index (κ1) is 20.4. The zero-order chi connectivity index (χ0) is 22.8. The molecule has 5 aromatic rings. The standard InChI is InChI=1S/C26H19N3O4/c30-23(14-22-17-10-4-5-12-19(17)26(32)29-28-22)33-25(16-8-2-1-3-9-16)24(31)20-15-27-21-13-7-6-11-18(20)21/h1-13,15,25,27H,14H2,(H,29,32). The Labute approximate surface area is 188 Å². The predicted molar refractivity (Wildman–Crippen MR) is 124 cm³/mol. The van der Waals surface area contributed by atoms with Crippen LogP contribution in [0.15, 0.2) is 89.9 Å². The topological polar surface area (TPSA) is 105 Å². The molecular weight excluding hydrogens is 418 g/mol. The van der Waals surface area contributed by atoms with Crippen molar-refractivity contribution in [3.63, 3.8) is 0 Å². The highest BCUT2D eigenvalue weighted by molar-refractivity contribution is 6.10. The Hall–Kier alpha value is -4.52. The lowest BCUT2D eigenvalue weighted by atomic mass is 9.99. The van der Waals surface area contributed by atoms with Crippen molar-refractivity contribution >= 4 is 33.4 Å². The van der Waals surface area contributed by atoms with E-state index in [9.17, 15) is 14.4 Å². The fourth-order valence-corrected chi connectivity index (χ4v) is 3.93. The number of carbonyl (C=O) groups is 2. The van der Waals surface area contributed by atoms with Crippen LogP contribution in [0.3, 0.4) is 0 Å². The average Bonchev–Trinajstić information content (AvgIpc) is 3.29. The molecule has 2 aromatic heterocycles. The summed E-state index contributed by atoms with van der Waals surface area (Å²) < 4.78 is 5.72. The lowest BCUT2D eigenvalue weighted by molar-refractivity contribution is -0.146. The smallest absolute Gasteiger partial charge is 0.313 e. The Morgan fingerprint density at radius 1 is 0.848 bits per heavy atom. The molecule has 7 nitrogen and oxygen atoms in total. The fourth-order valence-electron chi connectivity index (χ4n) is 3.93. The second kappa shape index (κ2) is 8.55. The lowest BCUT2D eigenvalue weighted by Gasteiger charge is -2.17. The number of ketones is 1. The Morgan fingerprint density at radius 3 is 2.30 bits per heavy atom. The quantitative estimate of drug-likeness (QED) is 0.307. The predicted octanol–water partition coefficient (Wildman–Crippen LogP) is 4.11. The number of aromatic nitrogens is 3. The molecule has 1 unspecified atom stereocenters. The van der Waals surface area contributed by atoms with Gasteiger partial charge in [-0.05, 0) is 12.1 Å². The Balaban J connectivity index is 1.47. The molecule has 0 amide bonds. The fraction of sp³-hybridized carbons (Fsp3) is 0.0769. The van der Waals surface area contributed by atoms with Gasteiger partial charge < -0.3 is 9.72 Å². The zero-order valence-corrected chi connectivity index (χ0v) is 17.4. The van der Waals surface area contributed by atoms with E-state index in [2.05, 4.69) is 15.2 Å². The summed E-state index contributed by atoms with van der Waals surface area (Å²) in [5.41, 5.74) is 1.88. The van der Waals surface area contributed by atoms with Crippen LogP contribution >= 0.6 is 0 Å². The summed E-state index contributed by atoms with van der Waals surface area (Å²) in [7, 11) is 0. The van der Waals surface area contributed by atoms with Crippen molar-refractivity contribution in [2.24, 2.45) is 0 Å². The van der Waals surface area contributed by atoms with Gasteiger partial charge in [0.15, 0.2) is 6.10 Å². The van der Waals surface area contributed by atoms with Crippen molar-refractivity contribution < 1.29 is 14.3 Å². The number of Topliss-reactive ketones (excluding diaryl/α,β-unsaturated/α-hetero) is 1. The number of fused-ring (bicyclic) bond motifs is 2. The van der Waals surface area contributed by atoms with Crippen LogP contribution < -0.4 is 5.56 Å². The van der Waals surface area contributed by atoms with Gasteiger partial charge in [-0.15, -0.1) is 0 Å². The molecule has 2 N–H and O–H groups in total. The summed E-state index contributed by atoms with van der Waals surface area (Å²) in [4.78, 5) is 41.6. The van der Waals surface area contributed by atoms with Crippen LogP contribution in [0.25, 0.3) is 21.7 Å². The first-order valence-electron chi connectivity index (χ1n) is 10.4. The van der Waals surface area contributed by atoms with Crippen LogP contribution in [-0.4, -0.2) is 26.9 Å². The third-order valence-corrected chi connectivity index (χ3v) is 5.53. The van der Waals surface area contributed by atoms with Crippen molar-refractivity contribution in [1.29, 1.82) is 0 Å². The van der Waals surface area contributed by atoms with Crippen molar-refractivity contribution in [3.8, 4) is 0 Å². The summed E-state index contributed by atoms with van der Waals surface area (Å²) in [6.07, 6.45) is 0.321. The Kier molecular flexibility index (Phi) is 5.28. The van der Waals surface area contributed by atoms with Crippen LogP contribution in [0.5, 0.6) is 0 Å². The van der Waals surface area contributed by atoms with Crippen molar-refractivity contribution in [1.82, 2.24) is 15.2 Å². The molecule has 0 aliphatic rings. The van der Waals surface area contributed by atoms with Gasteiger partial charge in [-0.3, -0.25) is 14.4 Å². The summed E-state index contributed by atoms with van der Waals surface area (Å²) in [6, 6.07) is 23.3. The highest BCUT2D eigenvalue weighted by atomic mass is 16.5. The monoisotopic (exact) mass is 437 g/mol. The normalized spacial score (nSPS) is 12.0. The lowest BCUT2D eigenvalue weighted by Crippen LogP contribution is -2.22. The molecule has 7 heteroatoms. The zero-order valence-electron chi connectivity index (χ0n) is 17.4. The molecule has 0 aliphatic heterocycles. The van der Waals surface area contributed by atoms with E-state index in [1.807, 2.05) is 30.3 Å². The van der Waals surface area contributed by atoms with Gasteiger partial charge in [0, 0.05) is 33.6 Å². The number of ether oxygens (including phenoxy) is 1. The first-order chi connectivity index (χ1) is 16.1. The van der Waals surface area contributed by atoms with Gasteiger partial charge in [-0.1, -0.05) is 66.7 Å². The third kappa shape index (κ3) is 3.92. The van der Waals surface area contributed by atoms with E-state index in [4.69, 9.17) is 4.74 Å². The van der Waals surface area contributed by atoms with Gasteiger partial charge in [-0.25, -0.2) is 5.10 Å². The minimum absolute atomic E-state index is 0.193. The molecule has 0 spiro atoms. The van der Waals surface area contributed by atoms with Gasteiger partial charge in [0.05, 0.1) is 17.5 Å². The number of H-pyrrole nitrogens is 2. The number of aromatic amines is 2. The van der Waals surface area contributed by atoms with E-state index >= 15 is 0 Å². The molecule has 3 aromatic carbocycles. The molecule has 0 saturated heterocycles. The first-order valence-corrected chi connectivity index (χ1v) is 10.4. The number of para-hydroxylation sites is 1. The van der Waals surface area contributed by atoms with Gasteiger partial charge in [0.1, 0.15) is 0 Å². The summed E-state index contributed by atoms with van der Waals surface area (Å²) >= 11 is 0. The van der Waals surface area contributed by atoms with E-state index in [1.54, 1.807) is 54.7 Å². The molecule has 33 heavy (non-hydrogen) atoms. The van der Waals surface area contributed by atoms with Crippen molar-refractivity contribution in [3.05, 3.63) is 112 Å². The minimum Gasteiger partial charge on any atom is -0.449 e. The number of nitrogens with one attached hydrogen (secondary N) is 2. The van der Waals surface area contributed by atoms with Gasteiger partial charge in [0.2, 0.25) is 5.78 Å². The number of rotatable bonds is 6. The Bertz CT molecular complexity index is 1540. The van der Waals surface area contributed by atoms with E-state index in [-0.39, 0.29) is 17.8 Å². The molecular formula is C26H19N3O4. The van der Waals surface area contributed by atoms with Gasteiger partial charge in [0.25, 0.3) is 5.56 Å². The maximum absolute atomic E-state index is 13.5.